The van der Waals surface area contributed by atoms with E-state index in [2.05, 4.69) is 13.8 Å². The van der Waals surface area contributed by atoms with Crippen LogP contribution in [-0.4, -0.2) is 18.8 Å². The lowest BCUT2D eigenvalue weighted by atomic mass is 9.65. The van der Waals surface area contributed by atoms with Gasteiger partial charge in [0.05, 0.1) is 6.10 Å². The normalized spacial score (nSPS) is 37.2. The van der Waals surface area contributed by atoms with Gasteiger partial charge in [0.1, 0.15) is 0 Å². The lowest BCUT2D eigenvalue weighted by Gasteiger charge is -2.49. The van der Waals surface area contributed by atoms with Gasteiger partial charge in [0, 0.05) is 18.1 Å². The van der Waals surface area contributed by atoms with Crippen LogP contribution < -0.4 is 5.73 Å². The molecule has 0 unspecified atom stereocenters. The van der Waals surface area contributed by atoms with Gasteiger partial charge < -0.3 is 10.5 Å². The van der Waals surface area contributed by atoms with Crippen LogP contribution in [0.4, 0.5) is 0 Å². The van der Waals surface area contributed by atoms with Gasteiger partial charge in [-0.05, 0) is 13.3 Å². The molecule has 0 aliphatic heterocycles. The largest absolute Gasteiger partial charge is 0.378 e. The third-order valence-electron chi connectivity index (χ3n) is 2.62. The van der Waals surface area contributed by atoms with Gasteiger partial charge in [-0.15, -0.1) is 0 Å². The van der Waals surface area contributed by atoms with E-state index < -0.39 is 0 Å². The Labute approximate surface area is 62.7 Å². The molecule has 0 spiro atoms. The fourth-order valence-corrected chi connectivity index (χ4v) is 1.40. The third kappa shape index (κ3) is 1.06. The summed E-state index contributed by atoms with van der Waals surface area (Å²) < 4.78 is 5.48. The van der Waals surface area contributed by atoms with E-state index in [1.54, 1.807) is 0 Å². The molecular formula is C8H17NO. The van der Waals surface area contributed by atoms with E-state index >= 15 is 0 Å². The molecule has 2 nitrogen and oxygen atoms in total. The van der Waals surface area contributed by atoms with Crippen LogP contribution in [-0.2, 0) is 4.74 Å². The minimum Gasteiger partial charge on any atom is -0.378 e. The Morgan fingerprint density at radius 1 is 1.60 bits per heavy atom. The summed E-state index contributed by atoms with van der Waals surface area (Å²) in [5, 5.41) is 0. The zero-order valence-electron chi connectivity index (χ0n) is 7.05. The lowest BCUT2D eigenvalue weighted by molar-refractivity contribution is -0.103. The van der Waals surface area contributed by atoms with E-state index in [9.17, 15) is 0 Å². The van der Waals surface area contributed by atoms with Crippen molar-refractivity contribution < 1.29 is 4.74 Å². The second-order valence-corrected chi connectivity index (χ2v) is 3.61. The topological polar surface area (TPSA) is 35.2 Å². The quantitative estimate of drug-likeness (QED) is 0.629. The van der Waals surface area contributed by atoms with Gasteiger partial charge in [-0.2, -0.15) is 0 Å². The first-order chi connectivity index (χ1) is 4.59. The Hall–Kier alpha value is -0.0800. The molecule has 1 saturated carbocycles. The van der Waals surface area contributed by atoms with Crippen LogP contribution >= 0.6 is 0 Å². The minimum atomic E-state index is 0.204. The number of nitrogens with two attached hydrogens (primary N) is 1. The van der Waals surface area contributed by atoms with E-state index in [-0.39, 0.29) is 5.41 Å². The smallest absolute Gasteiger partial charge is 0.0655 e. The van der Waals surface area contributed by atoms with Crippen LogP contribution in [0.25, 0.3) is 0 Å². The highest BCUT2D eigenvalue weighted by Crippen LogP contribution is 2.41. The van der Waals surface area contributed by atoms with Crippen molar-refractivity contribution in [2.24, 2.45) is 11.1 Å². The first-order valence-corrected chi connectivity index (χ1v) is 3.96. The van der Waals surface area contributed by atoms with Crippen molar-refractivity contribution in [1.29, 1.82) is 0 Å². The molecule has 1 fully saturated rings. The molecule has 2 heteroatoms. The Bertz CT molecular complexity index is 120. The molecule has 0 aromatic rings. The second kappa shape index (κ2) is 2.51. The fourth-order valence-electron chi connectivity index (χ4n) is 1.40. The zero-order chi connectivity index (χ0) is 7.78. The van der Waals surface area contributed by atoms with E-state index in [1.165, 1.54) is 0 Å². The molecule has 0 amide bonds. The van der Waals surface area contributed by atoms with E-state index in [1.807, 2.05) is 6.92 Å². The summed E-state index contributed by atoms with van der Waals surface area (Å²) >= 11 is 0. The maximum absolute atomic E-state index is 5.80. The second-order valence-electron chi connectivity index (χ2n) is 3.61. The average molecular weight is 143 g/mol. The summed E-state index contributed by atoms with van der Waals surface area (Å²) in [7, 11) is 0. The fraction of sp³-hybridized carbons (Fsp3) is 1.00. The summed E-state index contributed by atoms with van der Waals surface area (Å²) in [6.45, 7) is 7.17. The van der Waals surface area contributed by atoms with Crippen molar-refractivity contribution in [2.45, 2.75) is 39.3 Å². The number of ether oxygens (including phenoxy) is 1. The van der Waals surface area contributed by atoms with Crippen molar-refractivity contribution >= 4 is 0 Å². The summed E-state index contributed by atoms with van der Waals surface area (Å²) in [4.78, 5) is 0. The Morgan fingerprint density at radius 3 is 2.50 bits per heavy atom. The lowest BCUT2D eigenvalue weighted by Crippen LogP contribution is -2.58. The molecule has 2 N–H and O–H groups in total. The highest BCUT2D eigenvalue weighted by atomic mass is 16.5. The molecular weight excluding hydrogens is 126 g/mol. The maximum atomic E-state index is 5.80. The number of rotatable bonds is 2. The van der Waals surface area contributed by atoms with Crippen molar-refractivity contribution in [3.8, 4) is 0 Å². The van der Waals surface area contributed by atoms with Crippen molar-refractivity contribution in [2.75, 3.05) is 6.61 Å². The molecule has 60 valence electrons. The summed E-state index contributed by atoms with van der Waals surface area (Å²) in [6, 6.07) is 0.337. The Balaban J connectivity index is 2.39. The van der Waals surface area contributed by atoms with Gasteiger partial charge in [0.25, 0.3) is 0 Å². The van der Waals surface area contributed by atoms with Gasteiger partial charge in [-0.1, -0.05) is 13.8 Å². The van der Waals surface area contributed by atoms with Crippen molar-refractivity contribution in [3.05, 3.63) is 0 Å². The average Bonchev–Trinajstić information content (AvgIpc) is 1.88. The standard InChI is InChI=1S/C8H17NO/c1-4-10-7-5-6(9)8(7,2)3/h6-7H,4-5,9H2,1-3H3/t6-,7-/m0/s1. The predicted octanol–water partition coefficient (Wildman–Crippen LogP) is 1.15. The third-order valence-corrected chi connectivity index (χ3v) is 2.62. The molecule has 0 saturated heterocycles. The van der Waals surface area contributed by atoms with Gasteiger partial charge in [-0.3, -0.25) is 0 Å². The van der Waals surface area contributed by atoms with Gasteiger partial charge in [-0.25, -0.2) is 0 Å². The maximum Gasteiger partial charge on any atom is 0.0655 e. The molecule has 2 atom stereocenters. The Morgan fingerprint density at radius 2 is 2.20 bits per heavy atom. The van der Waals surface area contributed by atoms with Crippen LogP contribution in [0.2, 0.25) is 0 Å². The molecule has 0 radical (unpaired) electrons. The SMILES string of the molecule is CCO[C@H]1C[C@H](N)C1(C)C. The van der Waals surface area contributed by atoms with E-state index in [0.29, 0.717) is 12.1 Å². The van der Waals surface area contributed by atoms with Crippen LogP contribution in [0.15, 0.2) is 0 Å². The molecule has 0 bridgehead atoms. The molecule has 0 aromatic heterocycles. The summed E-state index contributed by atoms with van der Waals surface area (Å²) in [6.07, 6.45) is 1.42. The van der Waals surface area contributed by atoms with Crippen LogP contribution in [0.3, 0.4) is 0 Å². The first-order valence-electron chi connectivity index (χ1n) is 3.96. The monoisotopic (exact) mass is 143 g/mol. The molecule has 1 aliphatic carbocycles. The van der Waals surface area contributed by atoms with Crippen LogP contribution in [0, 0.1) is 5.41 Å². The van der Waals surface area contributed by atoms with E-state index in [0.717, 1.165) is 13.0 Å². The highest BCUT2D eigenvalue weighted by Gasteiger charge is 2.46. The van der Waals surface area contributed by atoms with Crippen LogP contribution in [0.1, 0.15) is 27.2 Å². The predicted molar refractivity (Wildman–Crippen MR) is 41.8 cm³/mol. The highest BCUT2D eigenvalue weighted by molar-refractivity contribution is 5.00. The molecule has 1 rings (SSSR count). The van der Waals surface area contributed by atoms with Gasteiger partial charge in [0.15, 0.2) is 0 Å². The van der Waals surface area contributed by atoms with Gasteiger partial charge >= 0.3 is 0 Å². The molecule has 10 heavy (non-hydrogen) atoms. The molecule has 0 heterocycles. The van der Waals surface area contributed by atoms with Crippen molar-refractivity contribution in [3.63, 3.8) is 0 Å². The van der Waals surface area contributed by atoms with Gasteiger partial charge in [0.2, 0.25) is 0 Å². The van der Waals surface area contributed by atoms with Crippen molar-refractivity contribution in [1.82, 2.24) is 0 Å². The number of hydrogen-bond donors (Lipinski definition) is 1. The zero-order valence-corrected chi connectivity index (χ0v) is 7.05. The summed E-state index contributed by atoms with van der Waals surface area (Å²) in [5.41, 5.74) is 6.00. The molecule has 1 aliphatic rings. The first kappa shape index (κ1) is 8.02. The van der Waals surface area contributed by atoms with E-state index in [4.69, 9.17) is 10.5 Å². The number of hydrogen-bond acceptors (Lipinski definition) is 2. The Kier molecular flexibility index (Phi) is 2.02. The minimum absolute atomic E-state index is 0.204. The molecule has 0 aromatic carbocycles. The summed E-state index contributed by atoms with van der Waals surface area (Å²) in [5.74, 6) is 0. The van der Waals surface area contributed by atoms with Crippen LogP contribution in [0.5, 0.6) is 0 Å².